The van der Waals surface area contributed by atoms with Crippen molar-refractivity contribution in [2.75, 3.05) is 28.1 Å². The standard InChI is InChI=1S/C19H22BrN3O4.HI/c1-21-19(23-10-13-4-5-14(24-2)8-16(13)25-3)22-9-12-6-15(20)18-17(7-12)26-11-27-18;/h4-8H,9-11H2,1-3H3,(H2,21,22,23);1H. The zero-order chi connectivity index (χ0) is 19.2. The number of hydrogen-bond acceptors (Lipinski definition) is 5. The summed E-state index contributed by atoms with van der Waals surface area (Å²) in [5.74, 6) is 3.69. The van der Waals surface area contributed by atoms with Gasteiger partial charge in [-0.1, -0.05) is 0 Å². The van der Waals surface area contributed by atoms with Gasteiger partial charge in [0.05, 0.1) is 18.7 Å². The monoisotopic (exact) mass is 563 g/mol. The Kier molecular flexibility index (Phi) is 8.49. The summed E-state index contributed by atoms with van der Waals surface area (Å²) in [5.41, 5.74) is 2.06. The molecule has 0 fully saturated rings. The van der Waals surface area contributed by atoms with Crippen molar-refractivity contribution < 1.29 is 18.9 Å². The first-order valence-electron chi connectivity index (χ1n) is 8.38. The molecule has 0 saturated heterocycles. The van der Waals surface area contributed by atoms with Crippen LogP contribution < -0.4 is 29.6 Å². The molecule has 9 heteroatoms. The van der Waals surface area contributed by atoms with Gasteiger partial charge in [0.15, 0.2) is 17.5 Å². The van der Waals surface area contributed by atoms with E-state index >= 15 is 0 Å². The van der Waals surface area contributed by atoms with Crippen molar-refractivity contribution in [3.63, 3.8) is 0 Å². The average Bonchev–Trinajstić information content (AvgIpc) is 3.17. The highest BCUT2D eigenvalue weighted by Gasteiger charge is 2.18. The molecule has 0 aliphatic carbocycles. The normalized spacial score (nSPS) is 12.2. The van der Waals surface area contributed by atoms with E-state index in [4.69, 9.17) is 18.9 Å². The summed E-state index contributed by atoms with van der Waals surface area (Å²) >= 11 is 3.51. The summed E-state index contributed by atoms with van der Waals surface area (Å²) < 4.78 is 22.4. The highest BCUT2D eigenvalue weighted by Crippen LogP contribution is 2.39. The van der Waals surface area contributed by atoms with Crippen LogP contribution in [-0.4, -0.2) is 34.0 Å². The molecule has 1 aliphatic heterocycles. The van der Waals surface area contributed by atoms with E-state index in [9.17, 15) is 0 Å². The Bertz CT molecular complexity index is 848. The summed E-state index contributed by atoms with van der Waals surface area (Å²) in [6, 6.07) is 9.68. The van der Waals surface area contributed by atoms with Gasteiger partial charge in [0, 0.05) is 31.8 Å². The zero-order valence-electron chi connectivity index (χ0n) is 15.9. The van der Waals surface area contributed by atoms with Gasteiger partial charge in [0.2, 0.25) is 6.79 Å². The van der Waals surface area contributed by atoms with Gasteiger partial charge in [-0.3, -0.25) is 4.99 Å². The second-order valence-corrected chi connectivity index (χ2v) is 6.62. The van der Waals surface area contributed by atoms with E-state index in [2.05, 4.69) is 31.6 Å². The maximum absolute atomic E-state index is 5.45. The van der Waals surface area contributed by atoms with E-state index in [1.165, 1.54) is 0 Å². The number of benzene rings is 2. The van der Waals surface area contributed by atoms with E-state index in [-0.39, 0.29) is 30.8 Å². The molecule has 1 heterocycles. The summed E-state index contributed by atoms with van der Waals surface area (Å²) in [5, 5.41) is 6.58. The fourth-order valence-corrected chi connectivity index (χ4v) is 3.31. The second kappa shape index (κ2) is 10.6. The predicted octanol–water partition coefficient (Wildman–Crippen LogP) is 3.68. The van der Waals surface area contributed by atoms with Crippen LogP contribution in [0.2, 0.25) is 0 Å². The van der Waals surface area contributed by atoms with Crippen LogP contribution in [0, 0.1) is 0 Å². The highest BCUT2D eigenvalue weighted by atomic mass is 127. The number of rotatable bonds is 6. The number of fused-ring (bicyclic) bond motifs is 1. The highest BCUT2D eigenvalue weighted by molar-refractivity contribution is 14.0. The van der Waals surface area contributed by atoms with Gasteiger partial charge >= 0.3 is 0 Å². The van der Waals surface area contributed by atoms with Crippen LogP contribution >= 0.6 is 39.9 Å². The van der Waals surface area contributed by atoms with Crippen molar-refractivity contribution >= 4 is 45.9 Å². The molecular formula is C19H23BrIN3O4. The molecule has 28 heavy (non-hydrogen) atoms. The minimum atomic E-state index is 0. The number of methoxy groups -OCH3 is 2. The van der Waals surface area contributed by atoms with Crippen LogP contribution in [0.5, 0.6) is 23.0 Å². The minimum absolute atomic E-state index is 0. The van der Waals surface area contributed by atoms with Crippen LogP contribution in [0.15, 0.2) is 39.8 Å². The number of nitrogens with zero attached hydrogens (tertiary/aromatic N) is 1. The molecule has 2 aromatic rings. The predicted molar refractivity (Wildman–Crippen MR) is 122 cm³/mol. The maximum atomic E-state index is 5.45. The molecule has 0 unspecified atom stereocenters. The van der Waals surface area contributed by atoms with E-state index in [1.54, 1.807) is 21.3 Å². The number of ether oxygens (including phenoxy) is 4. The lowest BCUT2D eigenvalue weighted by Crippen LogP contribution is -2.36. The molecule has 3 rings (SSSR count). The van der Waals surface area contributed by atoms with Crippen molar-refractivity contribution in [2.45, 2.75) is 13.1 Å². The third kappa shape index (κ3) is 5.34. The van der Waals surface area contributed by atoms with Crippen molar-refractivity contribution in [3.05, 3.63) is 45.9 Å². The van der Waals surface area contributed by atoms with E-state index in [0.717, 1.165) is 38.6 Å². The second-order valence-electron chi connectivity index (χ2n) is 5.77. The van der Waals surface area contributed by atoms with Crippen LogP contribution in [-0.2, 0) is 13.1 Å². The summed E-state index contributed by atoms with van der Waals surface area (Å²) in [7, 11) is 5.01. The summed E-state index contributed by atoms with van der Waals surface area (Å²) in [4.78, 5) is 4.26. The average molecular weight is 564 g/mol. The summed E-state index contributed by atoms with van der Waals surface area (Å²) in [6.07, 6.45) is 0. The molecular weight excluding hydrogens is 541 g/mol. The number of halogens is 2. The van der Waals surface area contributed by atoms with Crippen LogP contribution in [0.3, 0.4) is 0 Å². The van der Waals surface area contributed by atoms with Crippen LogP contribution in [0.25, 0.3) is 0 Å². The number of aliphatic imine (C=N–C) groups is 1. The quantitative estimate of drug-likeness (QED) is 0.317. The molecule has 0 bridgehead atoms. The van der Waals surface area contributed by atoms with Gasteiger partial charge < -0.3 is 29.6 Å². The van der Waals surface area contributed by atoms with E-state index in [1.807, 2.05) is 30.3 Å². The fraction of sp³-hybridized carbons (Fsp3) is 0.316. The smallest absolute Gasteiger partial charge is 0.231 e. The van der Waals surface area contributed by atoms with Crippen molar-refractivity contribution in [1.82, 2.24) is 10.6 Å². The first kappa shape index (κ1) is 22.4. The lowest BCUT2D eigenvalue weighted by atomic mass is 10.2. The fourth-order valence-electron chi connectivity index (χ4n) is 2.71. The molecule has 0 amide bonds. The number of hydrogen-bond donors (Lipinski definition) is 2. The van der Waals surface area contributed by atoms with Gasteiger partial charge in [0.1, 0.15) is 11.5 Å². The Balaban J connectivity index is 0.00000280. The third-order valence-corrected chi connectivity index (χ3v) is 4.70. The van der Waals surface area contributed by atoms with E-state index in [0.29, 0.717) is 19.0 Å². The van der Waals surface area contributed by atoms with Crippen molar-refractivity contribution in [3.8, 4) is 23.0 Å². The molecule has 0 aromatic heterocycles. The molecule has 0 atom stereocenters. The molecule has 0 saturated carbocycles. The molecule has 7 nitrogen and oxygen atoms in total. The van der Waals surface area contributed by atoms with Gasteiger partial charge in [-0.25, -0.2) is 0 Å². The van der Waals surface area contributed by atoms with Crippen LogP contribution in [0.1, 0.15) is 11.1 Å². The van der Waals surface area contributed by atoms with Crippen molar-refractivity contribution in [2.24, 2.45) is 4.99 Å². The molecule has 1 aliphatic rings. The molecule has 0 spiro atoms. The Hall–Kier alpha value is -1.88. The first-order valence-corrected chi connectivity index (χ1v) is 9.17. The SMILES string of the molecule is CN=C(NCc1cc(Br)c2c(c1)OCO2)NCc1ccc(OC)cc1OC.I. The molecule has 0 radical (unpaired) electrons. The zero-order valence-corrected chi connectivity index (χ0v) is 19.8. The topological polar surface area (TPSA) is 73.3 Å². The summed E-state index contributed by atoms with van der Waals surface area (Å²) in [6.45, 7) is 1.41. The molecule has 152 valence electrons. The van der Waals surface area contributed by atoms with Crippen LogP contribution in [0.4, 0.5) is 0 Å². The Morgan fingerprint density at radius 2 is 1.89 bits per heavy atom. The Labute approximate surface area is 189 Å². The molecule has 2 aromatic carbocycles. The lowest BCUT2D eigenvalue weighted by molar-refractivity contribution is 0.173. The lowest BCUT2D eigenvalue weighted by Gasteiger charge is -2.15. The van der Waals surface area contributed by atoms with Gasteiger partial charge in [-0.2, -0.15) is 0 Å². The number of nitrogens with one attached hydrogen (secondary N) is 2. The number of guanidine groups is 1. The third-order valence-electron chi connectivity index (χ3n) is 4.11. The minimum Gasteiger partial charge on any atom is -0.497 e. The Morgan fingerprint density at radius 3 is 2.61 bits per heavy atom. The van der Waals surface area contributed by atoms with Gasteiger partial charge in [0.25, 0.3) is 0 Å². The van der Waals surface area contributed by atoms with Crippen molar-refractivity contribution in [1.29, 1.82) is 0 Å². The largest absolute Gasteiger partial charge is 0.497 e. The first-order chi connectivity index (χ1) is 13.1. The van der Waals surface area contributed by atoms with Gasteiger partial charge in [-0.15, -0.1) is 24.0 Å². The van der Waals surface area contributed by atoms with E-state index < -0.39 is 0 Å². The van der Waals surface area contributed by atoms with Gasteiger partial charge in [-0.05, 0) is 45.8 Å². The molecule has 2 N–H and O–H groups in total. The maximum Gasteiger partial charge on any atom is 0.231 e. The Morgan fingerprint density at radius 1 is 1.11 bits per heavy atom.